The normalized spacial score (nSPS) is 10.8. The third-order valence-electron chi connectivity index (χ3n) is 5.48. The second-order valence-electron chi connectivity index (χ2n) is 7.71. The lowest BCUT2D eigenvalue weighted by molar-refractivity contribution is -0.122. The van der Waals surface area contributed by atoms with Crippen LogP contribution in [0.15, 0.2) is 35.3 Å². The van der Waals surface area contributed by atoms with E-state index in [0.29, 0.717) is 5.95 Å². The van der Waals surface area contributed by atoms with Gasteiger partial charge in [0.15, 0.2) is 12.4 Å². The van der Waals surface area contributed by atoms with Crippen LogP contribution in [0.5, 0.6) is 5.75 Å². The highest BCUT2D eigenvalue weighted by molar-refractivity contribution is 5.85. The van der Waals surface area contributed by atoms with Gasteiger partial charge in [-0.15, -0.1) is 0 Å². The number of hydrogen-bond acceptors (Lipinski definition) is 7. The number of carbonyl (C=O) groups excluding carboxylic acids is 1. The fourth-order valence-electron chi connectivity index (χ4n) is 3.57. The molecule has 3 rings (SSSR count). The Balaban J connectivity index is 1.97. The van der Waals surface area contributed by atoms with Crippen LogP contribution >= 0.6 is 0 Å². The predicted octanol–water partition coefficient (Wildman–Crippen LogP) is 3.00. The number of benzene rings is 1. The first-order valence-electron chi connectivity index (χ1n) is 11.3. The van der Waals surface area contributed by atoms with E-state index < -0.39 is 0 Å². The minimum Gasteiger partial charge on any atom is -0.478 e. The van der Waals surface area contributed by atoms with Crippen molar-refractivity contribution >= 4 is 34.3 Å². The molecule has 176 valence electrons. The van der Waals surface area contributed by atoms with E-state index in [4.69, 9.17) is 9.72 Å². The van der Waals surface area contributed by atoms with Crippen molar-refractivity contribution in [3.8, 4) is 5.75 Å². The van der Waals surface area contributed by atoms with Crippen LogP contribution < -0.4 is 25.8 Å². The molecule has 9 heteroatoms. The maximum Gasteiger partial charge on any atom is 0.293 e. The molecule has 1 amide bonds. The Morgan fingerprint density at radius 3 is 2.67 bits per heavy atom. The number of anilines is 3. The number of amides is 1. The highest BCUT2D eigenvalue weighted by Crippen LogP contribution is 2.26. The minimum absolute atomic E-state index is 0.127. The molecular formula is C24H32N6O3. The van der Waals surface area contributed by atoms with E-state index in [1.54, 1.807) is 13.1 Å². The first-order valence-corrected chi connectivity index (χ1v) is 11.3. The number of ether oxygens (including phenoxy) is 1. The third-order valence-corrected chi connectivity index (χ3v) is 5.48. The van der Waals surface area contributed by atoms with Gasteiger partial charge in [0.2, 0.25) is 5.95 Å². The van der Waals surface area contributed by atoms with E-state index in [0.717, 1.165) is 53.9 Å². The molecule has 33 heavy (non-hydrogen) atoms. The average molecular weight is 453 g/mol. The Kier molecular flexibility index (Phi) is 7.87. The summed E-state index contributed by atoms with van der Waals surface area (Å²) in [6.07, 6.45) is 3.68. The number of rotatable bonds is 10. The van der Waals surface area contributed by atoms with Crippen molar-refractivity contribution in [2.75, 3.05) is 37.0 Å². The Labute approximate surface area is 193 Å². The number of aryl methyl sites for hydroxylation is 2. The van der Waals surface area contributed by atoms with Crippen molar-refractivity contribution in [2.24, 2.45) is 7.05 Å². The molecular weight excluding hydrogens is 420 g/mol. The van der Waals surface area contributed by atoms with Gasteiger partial charge >= 0.3 is 0 Å². The van der Waals surface area contributed by atoms with Gasteiger partial charge in [0.1, 0.15) is 5.82 Å². The Hall–Kier alpha value is -3.62. The molecule has 0 fully saturated rings. The highest BCUT2D eigenvalue weighted by atomic mass is 16.5. The van der Waals surface area contributed by atoms with Gasteiger partial charge in [-0.3, -0.25) is 9.59 Å². The zero-order chi connectivity index (χ0) is 24.0. The molecule has 0 unspecified atom stereocenters. The number of hydrogen-bond donors (Lipinski definition) is 2. The van der Waals surface area contributed by atoms with Gasteiger partial charge in [0.05, 0.1) is 5.52 Å². The van der Waals surface area contributed by atoms with E-state index in [1.807, 2.05) is 24.4 Å². The van der Waals surface area contributed by atoms with E-state index in [-0.39, 0.29) is 23.8 Å². The second-order valence-corrected chi connectivity index (χ2v) is 7.71. The number of nitrogens with zero attached hydrogens (tertiary/aromatic N) is 4. The highest BCUT2D eigenvalue weighted by Gasteiger charge is 2.13. The Morgan fingerprint density at radius 2 is 2.00 bits per heavy atom. The molecule has 2 heterocycles. The lowest BCUT2D eigenvalue weighted by Crippen LogP contribution is -2.27. The quantitative estimate of drug-likeness (QED) is 0.488. The summed E-state index contributed by atoms with van der Waals surface area (Å²) in [5, 5.41) is 6.71. The first-order chi connectivity index (χ1) is 15.9. The van der Waals surface area contributed by atoms with Gasteiger partial charge in [-0.2, -0.15) is 4.98 Å². The molecule has 0 aliphatic rings. The smallest absolute Gasteiger partial charge is 0.293 e. The van der Waals surface area contributed by atoms with Crippen LogP contribution in [-0.2, 0) is 18.3 Å². The maximum atomic E-state index is 12.6. The van der Waals surface area contributed by atoms with E-state index in [2.05, 4.69) is 41.3 Å². The van der Waals surface area contributed by atoms with Gasteiger partial charge in [-0.05, 0) is 44.0 Å². The molecule has 0 bridgehead atoms. The predicted molar refractivity (Wildman–Crippen MR) is 132 cm³/mol. The fraction of sp³-hybridized carbons (Fsp3) is 0.417. The van der Waals surface area contributed by atoms with E-state index in [1.165, 1.54) is 11.6 Å². The zero-order valence-electron chi connectivity index (χ0n) is 19.9. The minimum atomic E-state index is -0.302. The molecule has 0 saturated carbocycles. The molecule has 0 spiro atoms. The largest absolute Gasteiger partial charge is 0.478 e. The molecule has 0 radical (unpaired) electrons. The van der Waals surface area contributed by atoms with Crippen molar-refractivity contribution in [3.05, 3.63) is 46.4 Å². The average Bonchev–Trinajstić information content (AvgIpc) is 2.83. The van der Waals surface area contributed by atoms with Crippen LogP contribution in [0, 0.1) is 0 Å². The summed E-state index contributed by atoms with van der Waals surface area (Å²) < 4.78 is 6.97. The summed E-state index contributed by atoms with van der Waals surface area (Å²) >= 11 is 0. The molecule has 1 aromatic carbocycles. The molecule has 3 aromatic rings. The second kappa shape index (κ2) is 10.8. The summed E-state index contributed by atoms with van der Waals surface area (Å²) in [4.78, 5) is 35.6. The zero-order valence-corrected chi connectivity index (χ0v) is 19.9. The maximum absolute atomic E-state index is 12.6. The van der Waals surface area contributed by atoms with E-state index >= 15 is 0 Å². The number of pyridine rings is 1. The van der Waals surface area contributed by atoms with Crippen LogP contribution in [0.3, 0.4) is 0 Å². The molecule has 0 aliphatic heterocycles. The number of fused-ring (bicyclic) bond motifs is 1. The van der Waals surface area contributed by atoms with Crippen LogP contribution in [-0.4, -0.2) is 47.2 Å². The van der Waals surface area contributed by atoms with Crippen molar-refractivity contribution in [1.82, 2.24) is 19.9 Å². The first kappa shape index (κ1) is 24.0. The fourth-order valence-corrected chi connectivity index (χ4v) is 3.57. The van der Waals surface area contributed by atoms with Gasteiger partial charge in [-0.25, -0.2) is 4.98 Å². The van der Waals surface area contributed by atoms with Crippen LogP contribution in [0.2, 0.25) is 0 Å². The Bertz CT molecular complexity index is 1190. The van der Waals surface area contributed by atoms with Crippen molar-refractivity contribution < 1.29 is 9.53 Å². The van der Waals surface area contributed by atoms with Crippen LogP contribution in [0.4, 0.5) is 17.5 Å². The molecule has 0 atom stereocenters. The van der Waals surface area contributed by atoms with Gasteiger partial charge in [-0.1, -0.05) is 13.8 Å². The molecule has 0 aliphatic carbocycles. The number of aromatic nitrogens is 3. The Morgan fingerprint density at radius 1 is 1.21 bits per heavy atom. The summed E-state index contributed by atoms with van der Waals surface area (Å²) in [7, 11) is 3.21. The van der Waals surface area contributed by atoms with E-state index in [9.17, 15) is 9.59 Å². The number of carbonyl (C=O) groups is 1. The standard InChI is InChI=1S/C24H32N6O3/c1-6-11-30(8-3)24-26-14-16(7-2)22(28-24)27-18-9-10-19-17(12-18)13-20(23(32)29(19)5)33-15-21(31)25-4/h9-10,12-14H,6-8,11,15H2,1-5H3,(H,25,31)(H,26,27,28). The summed E-state index contributed by atoms with van der Waals surface area (Å²) in [6, 6.07) is 7.40. The summed E-state index contributed by atoms with van der Waals surface area (Å²) in [5.41, 5.74) is 2.31. The number of likely N-dealkylation sites (N-methyl/N-ethyl adjacent to an activating group) is 1. The van der Waals surface area contributed by atoms with Crippen molar-refractivity contribution in [2.45, 2.75) is 33.6 Å². The third kappa shape index (κ3) is 5.42. The molecule has 2 N–H and O–H groups in total. The van der Waals surface area contributed by atoms with Gasteiger partial charge < -0.3 is 24.8 Å². The molecule has 0 saturated heterocycles. The van der Waals surface area contributed by atoms with Crippen LogP contribution in [0.1, 0.15) is 32.8 Å². The topological polar surface area (TPSA) is 101 Å². The SMILES string of the molecule is CCCN(CC)c1ncc(CC)c(Nc2ccc3c(c2)cc(OCC(=O)NC)c(=O)n3C)n1. The lowest BCUT2D eigenvalue weighted by atomic mass is 10.1. The summed E-state index contributed by atoms with van der Waals surface area (Å²) in [6.45, 7) is 7.81. The number of nitrogens with one attached hydrogen (secondary N) is 2. The van der Waals surface area contributed by atoms with Crippen LogP contribution in [0.25, 0.3) is 10.9 Å². The van der Waals surface area contributed by atoms with Crippen molar-refractivity contribution in [3.63, 3.8) is 0 Å². The van der Waals surface area contributed by atoms with Crippen molar-refractivity contribution in [1.29, 1.82) is 0 Å². The molecule has 9 nitrogen and oxygen atoms in total. The monoisotopic (exact) mass is 452 g/mol. The molecule has 2 aromatic heterocycles. The van der Waals surface area contributed by atoms with Gasteiger partial charge in [0.25, 0.3) is 11.5 Å². The van der Waals surface area contributed by atoms with Gasteiger partial charge in [0, 0.05) is 50.0 Å². The summed E-state index contributed by atoms with van der Waals surface area (Å²) in [5.74, 6) is 1.29. The lowest BCUT2D eigenvalue weighted by Gasteiger charge is -2.21.